The summed E-state index contributed by atoms with van der Waals surface area (Å²) in [5.41, 5.74) is 0.172. The normalized spacial score (nSPS) is 10.6. The van der Waals surface area contributed by atoms with E-state index in [0.717, 1.165) is 0 Å². The van der Waals surface area contributed by atoms with Crippen LogP contribution in [-0.4, -0.2) is 28.1 Å². The molecule has 2 aromatic rings. The SMILES string of the molecule is CNc1nc(Nc2cccc(Cl)c2F)nc(OC(C)C)n1. The lowest BCUT2D eigenvalue weighted by Crippen LogP contribution is -2.12. The molecule has 21 heavy (non-hydrogen) atoms. The minimum Gasteiger partial charge on any atom is -0.461 e. The van der Waals surface area contributed by atoms with Crippen molar-refractivity contribution in [2.24, 2.45) is 0 Å². The minimum atomic E-state index is -0.572. The maximum absolute atomic E-state index is 13.9. The van der Waals surface area contributed by atoms with Gasteiger partial charge in [-0.3, -0.25) is 0 Å². The van der Waals surface area contributed by atoms with Gasteiger partial charge in [-0.1, -0.05) is 17.7 Å². The molecule has 0 atom stereocenters. The zero-order valence-electron chi connectivity index (χ0n) is 11.8. The number of hydrogen-bond acceptors (Lipinski definition) is 6. The van der Waals surface area contributed by atoms with E-state index in [2.05, 4.69) is 25.6 Å². The second-order valence-corrected chi connectivity index (χ2v) is 4.82. The molecule has 0 saturated carbocycles. The smallest absolute Gasteiger partial charge is 0.323 e. The van der Waals surface area contributed by atoms with Gasteiger partial charge in [0.25, 0.3) is 0 Å². The van der Waals surface area contributed by atoms with Crippen molar-refractivity contribution >= 4 is 29.2 Å². The summed E-state index contributed by atoms with van der Waals surface area (Å²) in [5.74, 6) is -0.103. The number of nitrogens with zero attached hydrogens (tertiary/aromatic N) is 3. The van der Waals surface area contributed by atoms with Crippen molar-refractivity contribution in [2.45, 2.75) is 20.0 Å². The van der Waals surface area contributed by atoms with E-state index in [4.69, 9.17) is 16.3 Å². The fourth-order valence-corrected chi connectivity index (χ4v) is 1.68. The third-order valence-corrected chi connectivity index (χ3v) is 2.67. The average molecular weight is 312 g/mol. The predicted molar refractivity (Wildman–Crippen MR) is 79.8 cm³/mol. The Morgan fingerprint density at radius 2 is 1.90 bits per heavy atom. The first kappa shape index (κ1) is 15.2. The van der Waals surface area contributed by atoms with Crippen molar-refractivity contribution in [3.63, 3.8) is 0 Å². The van der Waals surface area contributed by atoms with E-state index in [1.54, 1.807) is 13.1 Å². The Balaban J connectivity index is 2.32. The Bertz CT molecular complexity index is 638. The topological polar surface area (TPSA) is 72.0 Å². The van der Waals surface area contributed by atoms with Crippen LogP contribution in [0.1, 0.15) is 13.8 Å². The summed E-state index contributed by atoms with van der Waals surface area (Å²) in [6.45, 7) is 3.71. The molecule has 1 aromatic carbocycles. The van der Waals surface area contributed by atoms with Crippen molar-refractivity contribution in [3.8, 4) is 6.01 Å². The van der Waals surface area contributed by atoms with Gasteiger partial charge in [-0.2, -0.15) is 15.0 Å². The van der Waals surface area contributed by atoms with Crippen LogP contribution in [0.4, 0.5) is 22.0 Å². The number of rotatable bonds is 5. The van der Waals surface area contributed by atoms with Gasteiger partial charge in [0.05, 0.1) is 16.8 Å². The minimum absolute atomic E-state index is 0.0153. The quantitative estimate of drug-likeness (QED) is 0.883. The van der Waals surface area contributed by atoms with E-state index in [0.29, 0.717) is 5.95 Å². The Hall–Kier alpha value is -2.15. The monoisotopic (exact) mass is 311 g/mol. The molecule has 0 aliphatic heterocycles. The summed E-state index contributed by atoms with van der Waals surface area (Å²) in [4.78, 5) is 12.2. The van der Waals surface area contributed by atoms with E-state index in [-0.39, 0.29) is 28.8 Å². The molecule has 0 bridgehead atoms. The van der Waals surface area contributed by atoms with Gasteiger partial charge in [0, 0.05) is 7.05 Å². The highest BCUT2D eigenvalue weighted by Gasteiger charge is 2.11. The third kappa shape index (κ3) is 3.91. The molecule has 0 radical (unpaired) electrons. The zero-order chi connectivity index (χ0) is 15.4. The Morgan fingerprint density at radius 3 is 2.57 bits per heavy atom. The van der Waals surface area contributed by atoms with Crippen LogP contribution in [-0.2, 0) is 0 Å². The van der Waals surface area contributed by atoms with Crippen LogP contribution in [0, 0.1) is 5.82 Å². The fourth-order valence-electron chi connectivity index (χ4n) is 1.51. The first-order valence-corrected chi connectivity index (χ1v) is 6.69. The molecule has 112 valence electrons. The van der Waals surface area contributed by atoms with Crippen LogP contribution in [0.5, 0.6) is 6.01 Å². The molecular weight excluding hydrogens is 297 g/mol. The highest BCUT2D eigenvalue weighted by Crippen LogP contribution is 2.24. The van der Waals surface area contributed by atoms with Crippen molar-refractivity contribution < 1.29 is 9.13 Å². The molecule has 1 aromatic heterocycles. The lowest BCUT2D eigenvalue weighted by Gasteiger charge is -2.11. The molecule has 2 rings (SSSR count). The summed E-state index contributed by atoms with van der Waals surface area (Å²) in [6, 6.07) is 4.77. The first-order chi connectivity index (χ1) is 9.99. The molecule has 8 heteroatoms. The second-order valence-electron chi connectivity index (χ2n) is 4.41. The zero-order valence-corrected chi connectivity index (χ0v) is 12.6. The third-order valence-electron chi connectivity index (χ3n) is 2.38. The molecule has 2 N–H and O–H groups in total. The maximum Gasteiger partial charge on any atom is 0.323 e. The number of halogens is 2. The first-order valence-electron chi connectivity index (χ1n) is 6.31. The van der Waals surface area contributed by atoms with Crippen LogP contribution in [0.2, 0.25) is 5.02 Å². The van der Waals surface area contributed by atoms with Gasteiger partial charge >= 0.3 is 6.01 Å². The molecule has 0 saturated heterocycles. The number of ether oxygens (including phenoxy) is 1. The molecule has 0 aliphatic carbocycles. The highest BCUT2D eigenvalue weighted by molar-refractivity contribution is 6.31. The molecule has 6 nitrogen and oxygen atoms in total. The molecule has 0 unspecified atom stereocenters. The second kappa shape index (κ2) is 6.53. The van der Waals surface area contributed by atoms with Gasteiger partial charge in [-0.15, -0.1) is 0 Å². The number of hydrogen-bond donors (Lipinski definition) is 2. The fraction of sp³-hybridized carbons (Fsp3) is 0.308. The Morgan fingerprint density at radius 1 is 1.19 bits per heavy atom. The van der Waals surface area contributed by atoms with Gasteiger partial charge in [-0.25, -0.2) is 4.39 Å². The van der Waals surface area contributed by atoms with Crippen molar-refractivity contribution in [3.05, 3.63) is 29.0 Å². The number of benzene rings is 1. The number of aromatic nitrogens is 3. The van der Waals surface area contributed by atoms with E-state index in [1.165, 1.54) is 12.1 Å². The molecule has 0 aliphatic rings. The summed E-state index contributed by atoms with van der Waals surface area (Å²) in [6.07, 6.45) is -0.0899. The van der Waals surface area contributed by atoms with Gasteiger partial charge in [-0.05, 0) is 26.0 Å². The summed E-state index contributed by atoms with van der Waals surface area (Å²) in [7, 11) is 1.66. The highest BCUT2D eigenvalue weighted by atomic mass is 35.5. The average Bonchev–Trinajstić information content (AvgIpc) is 2.43. The van der Waals surface area contributed by atoms with Crippen LogP contribution in [0.3, 0.4) is 0 Å². The lowest BCUT2D eigenvalue weighted by molar-refractivity contribution is 0.222. The van der Waals surface area contributed by atoms with Crippen LogP contribution in [0.15, 0.2) is 18.2 Å². The lowest BCUT2D eigenvalue weighted by atomic mass is 10.3. The predicted octanol–water partition coefficient (Wildman–Crippen LogP) is 3.24. The molecule has 1 heterocycles. The van der Waals surface area contributed by atoms with Gasteiger partial charge in [0.15, 0.2) is 5.82 Å². The van der Waals surface area contributed by atoms with E-state index in [1.807, 2.05) is 13.8 Å². The summed E-state index contributed by atoms with van der Waals surface area (Å²) < 4.78 is 19.3. The maximum atomic E-state index is 13.9. The van der Waals surface area contributed by atoms with E-state index < -0.39 is 5.82 Å². The van der Waals surface area contributed by atoms with E-state index >= 15 is 0 Å². The molecule has 0 fully saturated rings. The van der Waals surface area contributed by atoms with E-state index in [9.17, 15) is 4.39 Å². The summed E-state index contributed by atoms with van der Waals surface area (Å²) >= 11 is 5.73. The molecular formula is C13H15ClFN5O. The van der Waals surface area contributed by atoms with Crippen molar-refractivity contribution in [2.75, 3.05) is 17.7 Å². The summed E-state index contributed by atoms with van der Waals surface area (Å²) in [5, 5.41) is 5.57. The molecule has 0 spiro atoms. The molecule has 0 amide bonds. The van der Waals surface area contributed by atoms with Crippen LogP contribution in [0.25, 0.3) is 0 Å². The van der Waals surface area contributed by atoms with Crippen LogP contribution >= 0.6 is 11.6 Å². The number of anilines is 3. The standard InChI is InChI=1S/C13H15ClFN5O/c1-7(2)21-13-19-11(16-3)18-12(20-13)17-9-6-4-5-8(14)10(9)15/h4-7H,1-3H3,(H2,16,17,18,19,20). The van der Waals surface area contributed by atoms with Crippen LogP contribution < -0.4 is 15.4 Å². The Labute approximate surface area is 126 Å². The van der Waals surface area contributed by atoms with Crippen molar-refractivity contribution in [1.29, 1.82) is 0 Å². The Kier molecular flexibility index (Phi) is 4.74. The van der Waals surface area contributed by atoms with Gasteiger partial charge in [0.1, 0.15) is 0 Å². The van der Waals surface area contributed by atoms with Crippen molar-refractivity contribution in [1.82, 2.24) is 15.0 Å². The number of nitrogens with one attached hydrogen (secondary N) is 2. The largest absolute Gasteiger partial charge is 0.461 e. The van der Waals surface area contributed by atoms with Gasteiger partial charge in [0.2, 0.25) is 11.9 Å². The van der Waals surface area contributed by atoms with Gasteiger partial charge < -0.3 is 15.4 Å².